The molecule has 3 atom stereocenters. The van der Waals surface area contributed by atoms with Gasteiger partial charge in [0.1, 0.15) is 29.3 Å². The van der Waals surface area contributed by atoms with Crippen molar-refractivity contribution in [1.29, 1.82) is 0 Å². The predicted molar refractivity (Wildman–Crippen MR) is 199 cm³/mol. The minimum atomic E-state index is -1.11. The Hall–Kier alpha value is -3.53. The molecule has 0 aliphatic heterocycles. The molecule has 0 fully saturated rings. The van der Waals surface area contributed by atoms with Gasteiger partial charge in [-0.25, -0.2) is 9.59 Å². The van der Waals surface area contributed by atoms with Gasteiger partial charge in [0.05, 0.1) is 0 Å². The van der Waals surface area contributed by atoms with Gasteiger partial charge >= 0.3 is 12.1 Å². The van der Waals surface area contributed by atoms with Crippen molar-refractivity contribution in [3.8, 4) is 0 Å². The number of rotatable bonds is 17. The first-order valence-corrected chi connectivity index (χ1v) is 18.1. The number of aryl methyl sites for hydroxylation is 2. The number of ether oxygens (including phenoxy) is 2. The van der Waals surface area contributed by atoms with Crippen LogP contribution < -0.4 is 10.6 Å². The van der Waals surface area contributed by atoms with Crippen molar-refractivity contribution in [1.82, 2.24) is 15.5 Å². The molecule has 0 aromatic heterocycles. The standard InChI is InChI=1S/C39H59N3O6S/c1-10-11-12-13-14-18-23-42(35(44)32(26-49)41-37(46)48-39(7,8)9)33(30-24-27(2)21-22-28(30)3)34(43)40-31(36(45)47-38(4,5)6)25-29-19-16-15-17-20-29/h15-17,19-22,24,31-33,49H,10-14,18,23,25-26H2,1-9H3,(H,40,43)(H,41,46). The molecule has 2 N–H and O–H groups in total. The van der Waals surface area contributed by atoms with Crippen LogP contribution in [0.3, 0.4) is 0 Å². The lowest BCUT2D eigenvalue weighted by molar-refractivity contribution is -0.159. The van der Waals surface area contributed by atoms with Crippen LogP contribution in [0.25, 0.3) is 0 Å². The van der Waals surface area contributed by atoms with Crippen LogP contribution in [0.5, 0.6) is 0 Å². The fourth-order valence-electron chi connectivity index (χ4n) is 5.44. The van der Waals surface area contributed by atoms with Crippen LogP contribution in [0.1, 0.15) is 115 Å². The molecule has 0 saturated carbocycles. The van der Waals surface area contributed by atoms with Gasteiger partial charge in [-0.3, -0.25) is 9.59 Å². The number of esters is 1. The Morgan fingerprint density at radius 3 is 2.00 bits per heavy atom. The van der Waals surface area contributed by atoms with Gasteiger partial charge in [0.25, 0.3) is 0 Å². The van der Waals surface area contributed by atoms with Gasteiger partial charge < -0.3 is 25.0 Å². The van der Waals surface area contributed by atoms with Crippen LogP contribution in [-0.2, 0) is 30.3 Å². The van der Waals surface area contributed by atoms with E-state index in [1.165, 1.54) is 4.90 Å². The molecule has 49 heavy (non-hydrogen) atoms. The molecular formula is C39H59N3O6S. The maximum atomic E-state index is 14.7. The topological polar surface area (TPSA) is 114 Å². The van der Waals surface area contributed by atoms with E-state index in [-0.39, 0.29) is 18.7 Å². The summed E-state index contributed by atoms with van der Waals surface area (Å²) in [7, 11) is 0. The second-order valence-electron chi connectivity index (χ2n) is 14.7. The number of carbonyl (C=O) groups excluding carboxylic acids is 4. The number of benzene rings is 2. The highest BCUT2D eigenvalue weighted by Crippen LogP contribution is 2.28. The second-order valence-corrected chi connectivity index (χ2v) is 15.1. The molecule has 9 nitrogen and oxygen atoms in total. The van der Waals surface area contributed by atoms with Crippen LogP contribution in [0.4, 0.5) is 4.79 Å². The SMILES string of the molecule is CCCCCCCCN(C(=O)C(CS)NC(=O)OC(C)(C)C)C(C(=O)NC(Cc1ccccc1)C(=O)OC(C)(C)C)c1cc(C)ccc1C. The van der Waals surface area contributed by atoms with Gasteiger partial charge in [0.2, 0.25) is 11.8 Å². The quantitative estimate of drug-likeness (QED) is 0.0901. The number of hydrogen-bond donors (Lipinski definition) is 3. The van der Waals surface area contributed by atoms with Crippen molar-refractivity contribution in [2.45, 2.75) is 137 Å². The Morgan fingerprint density at radius 1 is 0.796 bits per heavy atom. The summed E-state index contributed by atoms with van der Waals surface area (Å²) < 4.78 is 11.2. The number of amides is 3. The van der Waals surface area contributed by atoms with E-state index >= 15 is 0 Å². The average Bonchev–Trinajstić information content (AvgIpc) is 3.00. The molecule has 2 aromatic carbocycles. The summed E-state index contributed by atoms with van der Waals surface area (Å²) in [5, 5.41) is 5.65. The first-order chi connectivity index (χ1) is 23.0. The number of carbonyl (C=O) groups is 4. The van der Waals surface area contributed by atoms with Crippen molar-refractivity contribution in [3.05, 3.63) is 70.8 Å². The normalized spacial score (nSPS) is 13.5. The zero-order chi connectivity index (χ0) is 36.8. The van der Waals surface area contributed by atoms with Gasteiger partial charge in [0.15, 0.2) is 0 Å². The van der Waals surface area contributed by atoms with Crippen molar-refractivity contribution >= 4 is 36.5 Å². The molecule has 0 aliphatic carbocycles. The van der Waals surface area contributed by atoms with E-state index in [1.807, 2.05) is 62.4 Å². The zero-order valence-electron chi connectivity index (χ0n) is 31.1. The first kappa shape index (κ1) is 41.6. The summed E-state index contributed by atoms with van der Waals surface area (Å²) >= 11 is 4.43. The zero-order valence-corrected chi connectivity index (χ0v) is 32.0. The largest absolute Gasteiger partial charge is 0.458 e. The van der Waals surface area contributed by atoms with Gasteiger partial charge in [-0.1, -0.05) is 93.1 Å². The fourth-order valence-corrected chi connectivity index (χ4v) is 5.68. The van der Waals surface area contributed by atoms with Gasteiger partial charge in [-0.2, -0.15) is 12.6 Å². The average molecular weight is 698 g/mol. The molecular weight excluding hydrogens is 639 g/mol. The van der Waals surface area contributed by atoms with Crippen molar-refractivity contribution < 1.29 is 28.7 Å². The number of nitrogens with zero attached hydrogens (tertiary/aromatic N) is 1. The van der Waals surface area contributed by atoms with Crippen molar-refractivity contribution in [2.24, 2.45) is 0 Å². The molecule has 3 unspecified atom stereocenters. The molecule has 3 amide bonds. The Morgan fingerprint density at radius 2 is 1.41 bits per heavy atom. The van der Waals surface area contributed by atoms with Crippen LogP contribution >= 0.6 is 12.6 Å². The third kappa shape index (κ3) is 14.9. The first-order valence-electron chi connectivity index (χ1n) is 17.5. The third-order valence-corrected chi connectivity index (χ3v) is 8.15. The summed E-state index contributed by atoms with van der Waals surface area (Å²) in [5.41, 5.74) is 1.65. The Kier molecular flexibility index (Phi) is 16.7. The molecule has 2 rings (SSSR count). The minimum absolute atomic E-state index is 0.0131. The number of unbranched alkanes of at least 4 members (excludes halogenated alkanes) is 5. The summed E-state index contributed by atoms with van der Waals surface area (Å²) in [6.07, 6.45) is 5.29. The third-order valence-electron chi connectivity index (χ3n) is 7.79. The lowest BCUT2D eigenvalue weighted by atomic mass is 9.95. The summed E-state index contributed by atoms with van der Waals surface area (Å²) in [6, 6.07) is 12.0. The maximum absolute atomic E-state index is 14.7. The summed E-state index contributed by atoms with van der Waals surface area (Å²) in [4.78, 5) is 57.1. The molecule has 0 aliphatic rings. The monoisotopic (exact) mass is 697 g/mol. The van der Waals surface area contributed by atoms with E-state index in [1.54, 1.807) is 41.5 Å². The maximum Gasteiger partial charge on any atom is 0.408 e. The smallest absolute Gasteiger partial charge is 0.408 e. The lowest BCUT2D eigenvalue weighted by Crippen LogP contribution is -2.55. The van der Waals surface area contributed by atoms with E-state index in [4.69, 9.17) is 9.47 Å². The van der Waals surface area contributed by atoms with E-state index in [0.29, 0.717) is 12.0 Å². The highest BCUT2D eigenvalue weighted by molar-refractivity contribution is 7.80. The second kappa shape index (κ2) is 19.6. The van der Waals surface area contributed by atoms with Gasteiger partial charge in [-0.05, 0) is 78.5 Å². The summed E-state index contributed by atoms with van der Waals surface area (Å²) in [6.45, 7) is 16.8. The highest BCUT2D eigenvalue weighted by atomic mass is 32.1. The van der Waals surface area contributed by atoms with Gasteiger partial charge in [-0.15, -0.1) is 0 Å². The Labute approximate surface area is 299 Å². The predicted octanol–water partition coefficient (Wildman–Crippen LogP) is 7.43. The number of hydrogen-bond acceptors (Lipinski definition) is 7. The van der Waals surface area contributed by atoms with Crippen molar-refractivity contribution in [2.75, 3.05) is 12.3 Å². The van der Waals surface area contributed by atoms with E-state index in [2.05, 4.69) is 30.2 Å². The molecule has 0 bridgehead atoms. The summed E-state index contributed by atoms with van der Waals surface area (Å²) in [5.74, 6) is -1.57. The van der Waals surface area contributed by atoms with Crippen LogP contribution in [0.15, 0.2) is 48.5 Å². The number of thiol groups is 1. The van der Waals surface area contributed by atoms with Crippen LogP contribution in [0, 0.1) is 13.8 Å². The van der Waals surface area contributed by atoms with E-state index in [0.717, 1.165) is 48.8 Å². The van der Waals surface area contributed by atoms with Crippen molar-refractivity contribution in [3.63, 3.8) is 0 Å². The molecule has 0 saturated heterocycles. The highest BCUT2D eigenvalue weighted by Gasteiger charge is 2.38. The lowest BCUT2D eigenvalue weighted by Gasteiger charge is -2.36. The molecule has 272 valence electrons. The molecule has 10 heteroatoms. The molecule has 0 spiro atoms. The van der Waals surface area contributed by atoms with E-state index < -0.39 is 53.2 Å². The van der Waals surface area contributed by atoms with Crippen LogP contribution in [-0.4, -0.2) is 64.4 Å². The van der Waals surface area contributed by atoms with Gasteiger partial charge in [0, 0.05) is 18.7 Å². The molecule has 2 aromatic rings. The number of alkyl carbamates (subject to hydrolysis) is 1. The van der Waals surface area contributed by atoms with E-state index in [9.17, 15) is 19.2 Å². The Bertz CT molecular complexity index is 1370. The fraction of sp³-hybridized carbons (Fsp3) is 0.590. The number of nitrogens with one attached hydrogen (secondary N) is 2. The minimum Gasteiger partial charge on any atom is -0.458 e. The molecule has 0 heterocycles. The Balaban J connectivity index is 2.62. The molecule has 0 radical (unpaired) electrons. The van der Waals surface area contributed by atoms with Crippen LogP contribution in [0.2, 0.25) is 0 Å².